The van der Waals surface area contributed by atoms with Crippen molar-refractivity contribution in [3.8, 4) is 0 Å². The second-order valence-corrected chi connectivity index (χ2v) is 5.34. The van der Waals surface area contributed by atoms with Gasteiger partial charge >= 0.3 is 0 Å². The number of hydrogen-bond donors (Lipinski definition) is 3. The SMILES string of the molecule is CC1C(=O)NCCN1CC(=O)Nc1ccccc1C(N)=S. The molecular weight excluding hydrogens is 288 g/mol. The minimum Gasteiger partial charge on any atom is -0.389 e. The first-order chi connectivity index (χ1) is 9.99. The molecule has 0 aliphatic carbocycles. The number of carbonyl (C=O) groups is 2. The van der Waals surface area contributed by atoms with Crippen molar-refractivity contribution in [2.75, 3.05) is 25.0 Å². The molecule has 4 N–H and O–H groups in total. The Hall–Kier alpha value is -1.99. The van der Waals surface area contributed by atoms with E-state index in [4.69, 9.17) is 18.0 Å². The van der Waals surface area contributed by atoms with Crippen molar-refractivity contribution >= 4 is 34.7 Å². The van der Waals surface area contributed by atoms with Crippen molar-refractivity contribution in [2.45, 2.75) is 13.0 Å². The zero-order valence-electron chi connectivity index (χ0n) is 11.8. The lowest BCUT2D eigenvalue weighted by Crippen LogP contribution is -2.55. The Kier molecular flexibility index (Phi) is 4.87. The molecule has 1 atom stereocenters. The van der Waals surface area contributed by atoms with Gasteiger partial charge in [0.2, 0.25) is 11.8 Å². The molecule has 1 aliphatic heterocycles. The highest BCUT2D eigenvalue weighted by atomic mass is 32.1. The summed E-state index contributed by atoms with van der Waals surface area (Å²) in [5, 5.41) is 5.56. The monoisotopic (exact) mass is 306 g/mol. The summed E-state index contributed by atoms with van der Waals surface area (Å²) < 4.78 is 0. The number of amides is 2. The van der Waals surface area contributed by atoms with Crippen molar-refractivity contribution in [1.29, 1.82) is 0 Å². The molecule has 0 aromatic heterocycles. The number of nitrogens with two attached hydrogens (primary N) is 1. The van der Waals surface area contributed by atoms with Gasteiger partial charge in [0.1, 0.15) is 4.99 Å². The van der Waals surface area contributed by atoms with Gasteiger partial charge in [0.05, 0.1) is 18.3 Å². The number of carbonyl (C=O) groups excluding carboxylic acids is 2. The van der Waals surface area contributed by atoms with Gasteiger partial charge in [0.15, 0.2) is 0 Å². The molecule has 112 valence electrons. The molecule has 21 heavy (non-hydrogen) atoms. The van der Waals surface area contributed by atoms with E-state index in [0.717, 1.165) is 0 Å². The van der Waals surface area contributed by atoms with Crippen LogP contribution in [0.3, 0.4) is 0 Å². The minimum absolute atomic E-state index is 0.0578. The molecule has 1 saturated heterocycles. The van der Waals surface area contributed by atoms with Gasteiger partial charge in [-0.25, -0.2) is 0 Å². The molecule has 1 aromatic rings. The summed E-state index contributed by atoms with van der Waals surface area (Å²) in [6.07, 6.45) is 0. The fourth-order valence-electron chi connectivity index (χ4n) is 2.23. The van der Waals surface area contributed by atoms with Crippen LogP contribution in [-0.4, -0.2) is 47.4 Å². The van der Waals surface area contributed by atoms with E-state index in [1.807, 2.05) is 4.90 Å². The van der Waals surface area contributed by atoms with Crippen LogP contribution in [0.5, 0.6) is 0 Å². The number of nitrogens with one attached hydrogen (secondary N) is 2. The number of piperazine rings is 1. The molecule has 1 aliphatic rings. The van der Waals surface area contributed by atoms with E-state index in [1.165, 1.54) is 0 Å². The normalized spacial score (nSPS) is 18.9. The standard InChI is InChI=1S/C14H18N4O2S/c1-9-14(20)16-6-7-18(9)8-12(19)17-11-5-3-2-4-10(11)13(15)21/h2-5,9H,6-8H2,1H3,(H2,15,21)(H,16,20)(H,17,19). The maximum absolute atomic E-state index is 12.1. The molecular formula is C14H18N4O2S. The van der Waals surface area contributed by atoms with E-state index >= 15 is 0 Å². The Morgan fingerprint density at radius 1 is 1.52 bits per heavy atom. The highest BCUT2D eigenvalue weighted by Gasteiger charge is 2.26. The van der Waals surface area contributed by atoms with Gasteiger partial charge in [-0.3, -0.25) is 14.5 Å². The molecule has 7 heteroatoms. The number of para-hydroxylation sites is 1. The van der Waals surface area contributed by atoms with Gasteiger partial charge in [-0.15, -0.1) is 0 Å². The lowest BCUT2D eigenvalue weighted by Gasteiger charge is -2.32. The number of rotatable bonds is 4. The van der Waals surface area contributed by atoms with Crippen LogP contribution in [0.1, 0.15) is 12.5 Å². The average molecular weight is 306 g/mol. The molecule has 2 rings (SSSR count). The fourth-order valence-corrected chi connectivity index (χ4v) is 2.41. The van der Waals surface area contributed by atoms with Crippen LogP contribution in [-0.2, 0) is 9.59 Å². The summed E-state index contributed by atoms with van der Waals surface area (Å²) in [4.78, 5) is 25.8. The predicted octanol–water partition coefficient (Wildman–Crippen LogP) is 0.0796. The van der Waals surface area contributed by atoms with Crippen molar-refractivity contribution in [1.82, 2.24) is 10.2 Å². The van der Waals surface area contributed by atoms with E-state index < -0.39 is 0 Å². The first-order valence-electron chi connectivity index (χ1n) is 6.69. The lowest BCUT2D eigenvalue weighted by atomic mass is 10.1. The van der Waals surface area contributed by atoms with E-state index in [2.05, 4.69) is 10.6 Å². The molecule has 1 heterocycles. The highest BCUT2D eigenvalue weighted by molar-refractivity contribution is 7.80. The third kappa shape index (κ3) is 3.77. The van der Waals surface area contributed by atoms with E-state index in [0.29, 0.717) is 24.3 Å². The number of thiocarbonyl (C=S) groups is 1. The summed E-state index contributed by atoms with van der Waals surface area (Å²) in [5.41, 5.74) is 6.85. The van der Waals surface area contributed by atoms with Gasteiger partial charge < -0.3 is 16.4 Å². The van der Waals surface area contributed by atoms with Crippen LogP contribution in [0.25, 0.3) is 0 Å². The minimum atomic E-state index is -0.310. The topological polar surface area (TPSA) is 87.5 Å². The van der Waals surface area contributed by atoms with Crippen molar-refractivity contribution < 1.29 is 9.59 Å². The molecule has 0 radical (unpaired) electrons. The maximum atomic E-state index is 12.1. The maximum Gasteiger partial charge on any atom is 0.238 e. The van der Waals surface area contributed by atoms with Crippen LogP contribution in [0.15, 0.2) is 24.3 Å². The number of nitrogens with zero attached hydrogens (tertiary/aromatic N) is 1. The summed E-state index contributed by atoms with van der Waals surface area (Å²) in [6, 6.07) is 6.80. The van der Waals surface area contributed by atoms with Crippen LogP contribution in [0, 0.1) is 0 Å². The van der Waals surface area contributed by atoms with Gasteiger partial charge in [0.25, 0.3) is 0 Å². The molecule has 0 saturated carbocycles. The third-order valence-corrected chi connectivity index (χ3v) is 3.66. The van der Waals surface area contributed by atoms with Gasteiger partial charge in [-0.2, -0.15) is 0 Å². The van der Waals surface area contributed by atoms with Crippen LogP contribution < -0.4 is 16.4 Å². The fraction of sp³-hybridized carbons (Fsp3) is 0.357. The Morgan fingerprint density at radius 3 is 2.95 bits per heavy atom. The van der Waals surface area contributed by atoms with Crippen molar-refractivity contribution in [2.24, 2.45) is 5.73 Å². The first kappa shape index (κ1) is 15.4. The summed E-state index contributed by atoms with van der Waals surface area (Å²) in [6.45, 7) is 3.14. The largest absolute Gasteiger partial charge is 0.389 e. The molecule has 0 bridgehead atoms. The van der Waals surface area contributed by atoms with Gasteiger partial charge in [-0.05, 0) is 19.1 Å². The quantitative estimate of drug-likeness (QED) is 0.686. The van der Waals surface area contributed by atoms with E-state index in [9.17, 15) is 9.59 Å². The van der Waals surface area contributed by atoms with E-state index in [1.54, 1.807) is 31.2 Å². The van der Waals surface area contributed by atoms with Gasteiger partial charge in [-0.1, -0.05) is 24.4 Å². The van der Waals surface area contributed by atoms with Crippen LogP contribution >= 0.6 is 12.2 Å². The Bertz CT molecular complexity index is 576. The zero-order valence-corrected chi connectivity index (χ0v) is 12.6. The van der Waals surface area contributed by atoms with Crippen molar-refractivity contribution in [3.05, 3.63) is 29.8 Å². The van der Waals surface area contributed by atoms with Crippen LogP contribution in [0.2, 0.25) is 0 Å². The number of benzene rings is 1. The highest BCUT2D eigenvalue weighted by Crippen LogP contribution is 2.15. The number of hydrogen-bond acceptors (Lipinski definition) is 4. The molecule has 1 unspecified atom stereocenters. The second kappa shape index (κ2) is 6.64. The smallest absolute Gasteiger partial charge is 0.238 e. The van der Waals surface area contributed by atoms with Crippen molar-refractivity contribution in [3.63, 3.8) is 0 Å². The summed E-state index contributed by atoms with van der Waals surface area (Å²) in [7, 11) is 0. The molecule has 6 nitrogen and oxygen atoms in total. The average Bonchev–Trinajstić information content (AvgIpc) is 2.44. The second-order valence-electron chi connectivity index (χ2n) is 4.90. The zero-order chi connectivity index (χ0) is 15.4. The lowest BCUT2D eigenvalue weighted by molar-refractivity contribution is -0.129. The summed E-state index contributed by atoms with van der Waals surface area (Å²) >= 11 is 4.96. The Balaban J connectivity index is 2.02. The summed E-state index contributed by atoms with van der Waals surface area (Å²) in [5.74, 6) is -0.252. The Morgan fingerprint density at radius 2 is 2.24 bits per heavy atom. The number of anilines is 1. The van der Waals surface area contributed by atoms with Crippen LogP contribution in [0.4, 0.5) is 5.69 Å². The van der Waals surface area contributed by atoms with Gasteiger partial charge in [0, 0.05) is 18.7 Å². The first-order valence-corrected chi connectivity index (χ1v) is 7.10. The predicted molar refractivity (Wildman–Crippen MR) is 85.0 cm³/mol. The van der Waals surface area contributed by atoms with E-state index in [-0.39, 0.29) is 29.4 Å². The molecule has 2 amide bonds. The Labute approximate surface area is 128 Å². The third-order valence-electron chi connectivity index (χ3n) is 3.44. The molecule has 1 aromatic carbocycles. The molecule has 1 fully saturated rings. The molecule has 0 spiro atoms.